The van der Waals surface area contributed by atoms with E-state index in [9.17, 15) is 14.4 Å². The third-order valence-corrected chi connectivity index (χ3v) is 5.81. The van der Waals surface area contributed by atoms with Crippen molar-refractivity contribution in [3.05, 3.63) is 57.2 Å². The van der Waals surface area contributed by atoms with Gasteiger partial charge >= 0.3 is 5.69 Å². The molecule has 1 saturated heterocycles. The Morgan fingerprint density at radius 1 is 1.09 bits per heavy atom. The lowest BCUT2D eigenvalue weighted by Crippen LogP contribution is -2.42. The van der Waals surface area contributed by atoms with Crippen LogP contribution in [-0.4, -0.2) is 55.6 Å². The van der Waals surface area contributed by atoms with Crippen molar-refractivity contribution in [1.29, 1.82) is 0 Å². The molecule has 0 unspecified atom stereocenters. The second-order valence-corrected chi connectivity index (χ2v) is 7.85. The zero-order valence-corrected chi connectivity index (χ0v) is 19.3. The Labute approximate surface area is 195 Å². The number of amides is 1. The van der Waals surface area contributed by atoms with E-state index in [4.69, 9.17) is 18.9 Å². The summed E-state index contributed by atoms with van der Waals surface area (Å²) >= 11 is 0. The van der Waals surface area contributed by atoms with Crippen LogP contribution >= 0.6 is 0 Å². The molecule has 1 atom stereocenters. The number of para-hydroxylation sites is 1. The molecular formula is C24H27N3O7. The highest BCUT2D eigenvalue weighted by Gasteiger charge is 2.21. The first-order valence-corrected chi connectivity index (χ1v) is 10.9. The van der Waals surface area contributed by atoms with Gasteiger partial charge in [0.1, 0.15) is 6.54 Å². The first-order chi connectivity index (χ1) is 16.5. The maximum Gasteiger partial charge on any atom is 0.336 e. The first kappa shape index (κ1) is 23.4. The van der Waals surface area contributed by atoms with Crippen LogP contribution in [0.3, 0.4) is 0 Å². The van der Waals surface area contributed by atoms with Crippen LogP contribution in [0, 0.1) is 0 Å². The van der Waals surface area contributed by atoms with Crippen molar-refractivity contribution in [3.8, 4) is 22.9 Å². The molecule has 0 aliphatic carbocycles. The van der Waals surface area contributed by atoms with E-state index in [1.54, 1.807) is 24.3 Å². The number of methoxy groups -OCH3 is 3. The molecule has 4 rings (SSSR count). The summed E-state index contributed by atoms with van der Waals surface area (Å²) < 4.78 is 23.9. The normalized spacial score (nSPS) is 15.3. The maximum absolute atomic E-state index is 13.6. The molecule has 34 heavy (non-hydrogen) atoms. The van der Waals surface area contributed by atoms with E-state index in [2.05, 4.69) is 5.32 Å². The molecule has 0 bridgehead atoms. The molecule has 1 aliphatic rings. The van der Waals surface area contributed by atoms with Crippen molar-refractivity contribution in [1.82, 2.24) is 14.5 Å². The van der Waals surface area contributed by atoms with E-state index in [1.165, 1.54) is 38.0 Å². The van der Waals surface area contributed by atoms with Gasteiger partial charge in [-0.25, -0.2) is 9.36 Å². The Morgan fingerprint density at radius 3 is 2.41 bits per heavy atom. The van der Waals surface area contributed by atoms with Gasteiger partial charge in [0.25, 0.3) is 5.56 Å². The second-order valence-electron chi connectivity index (χ2n) is 7.85. The standard InChI is InChI=1S/C24H27N3O7/c1-31-19-11-15(12-20(32-2)22(19)33-3)27-23(29)17-8-4-5-9-18(17)26(24(27)30)14-21(28)25-13-16-7-6-10-34-16/h4-5,8-9,11-12,16H,6-7,10,13-14H2,1-3H3,(H,25,28)/t16-/m1/s1. The fourth-order valence-electron chi connectivity index (χ4n) is 4.13. The molecule has 180 valence electrons. The fourth-order valence-corrected chi connectivity index (χ4v) is 4.13. The molecule has 0 spiro atoms. The Bertz CT molecular complexity index is 1300. The number of fused-ring (bicyclic) bond motifs is 1. The van der Waals surface area contributed by atoms with Gasteiger partial charge in [-0.15, -0.1) is 0 Å². The van der Waals surface area contributed by atoms with Gasteiger partial charge in [-0.2, -0.15) is 0 Å². The van der Waals surface area contributed by atoms with Crippen LogP contribution in [-0.2, 0) is 16.1 Å². The molecule has 10 nitrogen and oxygen atoms in total. The van der Waals surface area contributed by atoms with Crippen molar-refractivity contribution >= 4 is 16.8 Å². The molecule has 3 aromatic rings. The van der Waals surface area contributed by atoms with E-state index in [0.29, 0.717) is 29.8 Å². The summed E-state index contributed by atoms with van der Waals surface area (Å²) in [6.45, 7) is 0.805. The van der Waals surface area contributed by atoms with Crippen molar-refractivity contribution in [2.75, 3.05) is 34.5 Å². The van der Waals surface area contributed by atoms with Crippen LogP contribution in [0.5, 0.6) is 17.2 Å². The highest BCUT2D eigenvalue weighted by atomic mass is 16.5. The Kier molecular flexibility index (Phi) is 6.87. The lowest BCUT2D eigenvalue weighted by Gasteiger charge is -2.17. The molecule has 1 N–H and O–H groups in total. The van der Waals surface area contributed by atoms with E-state index >= 15 is 0 Å². The van der Waals surface area contributed by atoms with Crippen LogP contribution in [0.1, 0.15) is 12.8 Å². The number of hydrogen-bond acceptors (Lipinski definition) is 7. The summed E-state index contributed by atoms with van der Waals surface area (Å²) in [6.07, 6.45) is 1.82. The van der Waals surface area contributed by atoms with Gasteiger partial charge in [-0.1, -0.05) is 12.1 Å². The molecule has 2 aromatic carbocycles. The topological polar surface area (TPSA) is 110 Å². The second kappa shape index (κ2) is 10.0. The lowest BCUT2D eigenvalue weighted by atomic mass is 10.2. The van der Waals surface area contributed by atoms with Crippen LogP contribution in [0.4, 0.5) is 0 Å². The number of nitrogens with zero attached hydrogens (tertiary/aromatic N) is 2. The fraction of sp³-hybridized carbons (Fsp3) is 0.375. The van der Waals surface area contributed by atoms with E-state index < -0.39 is 11.2 Å². The van der Waals surface area contributed by atoms with Crippen LogP contribution in [0.2, 0.25) is 0 Å². The van der Waals surface area contributed by atoms with Crippen molar-refractivity contribution in [3.63, 3.8) is 0 Å². The van der Waals surface area contributed by atoms with Crippen LogP contribution in [0.25, 0.3) is 16.6 Å². The highest BCUT2D eigenvalue weighted by Crippen LogP contribution is 2.38. The minimum absolute atomic E-state index is 0.0226. The quantitative estimate of drug-likeness (QED) is 0.532. The summed E-state index contributed by atoms with van der Waals surface area (Å²) in [5, 5.41) is 3.12. The van der Waals surface area contributed by atoms with E-state index in [0.717, 1.165) is 17.4 Å². The number of carbonyl (C=O) groups excluding carboxylic acids is 1. The highest BCUT2D eigenvalue weighted by molar-refractivity contribution is 5.82. The number of benzene rings is 2. The molecule has 10 heteroatoms. The van der Waals surface area contributed by atoms with E-state index in [1.807, 2.05) is 0 Å². The predicted molar refractivity (Wildman–Crippen MR) is 125 cm³/mol. The minimum Gasteiger partial charge on any atom is -0.493 e. The third-order valence-electron chi connectivity index (χ3n) is 5.81. The van der Waals surface area contributed by atoms with Crippen LogP contribution < -0.4 is 30.8 Å². The number of hydrogen-bond donors (Lipinski definition) is 1. The van der Waals surface area contributed by atoms with Gasteiger partial charge in [0.05, 0.1) is 44.0 Å². The molecule has 1 aliphatic heterocycles. The van der Waals surface area contributed by atoms with Gasteiger partial charge in [-0.05, 0) is 25.0 Å². The van der Waals surface area contributed by atoms with Gasteiger partial charge in [0.2, 0.25) is 11.7 Å². The average Bonchev–Trinajstić information content (AvgIpc) is 3.38. The van der Waals surface area contributed by atoms with E-state index in [-0.39, 0.29) is 35.7 Å². The summed E-state index contributed by atoms with van der Waals surface area (Å²) in [5.74, 6) is 0.559. The Hall–Kier alpha value is -3.79. The molecule has 1 fully saturated rings. The average molecular weight is 469 g/mol. The summed E-state index contributed by atoms with van der Waals surface area (Å²) in [4.78, 5) is 39.6. The Morgan fingerprint density at radius 2 is 1.79 bits per heavy atom. The zero-order valence-electron chi connectivity index (χ0n) is 19.3. The summed E-state index contributed by atoms with van der Waals surface area (Å²) in [7, 11) is 4.35. The first-order valence-electron chi connectivity index (χ1n) is 10.9. The number of ether oxygens (including phenoxy) is 4. The number of rotatable bonds is 8. The minimum atomic E-state index is -0.662. The Balaban J connectivity index is 1.82. The SMILES string of the molecule is COc1cc(-n2c(=O)c3ccccc3n(CC(=O)NC[C@H]3CCCO3)c2=O)cc(OC)c1OC. The number of nitrogens with one attached hydrogen (secondary N) is 1. The number of carbonyl (C=O) groups is 1. The van der Waals surface area contributed by atoms with Crippen LogP contribution in [0.15, 0.2) is 46.0 Å². The van der Waals surface area contributed by atoms with Crippen molar-refractivity contribution in [2.45, 2.75) is 25.5 Å². The molecule has 0 radical (unpaired) electrons. The monoisotopic (exact) mass is 469 g/mol. The lowest BCUT2D eigenvalue weighted by molar-refractivity contribution is -0.122. The third kappa shape index (κ3) is 4.36. The van der Waals surface area contributed by atoms with Gasteiger partial charge in [-0.3, -0.25) is 14.2 Å². The van der Waals surface area contributed by atoms with Gasteiger partial charge in [0.15, 0.2) is 11.5 Å². The predicted octanol–water partition coefficient (Wildman–Crippen LogP) is 1.47. The smallest absolute Gasteiger partial charge is 0.336 e. The van der Waals surface area contributed by atoms with Crippen molar-refractivity contribution < 1.29 is 23.7 Å². The molecule has 1 aromatic heterocycles. The maximum atomic E-state index is 13.6. The van der Waals surface area contributed by atoms with Crippen molar-refractivity contribution in [2.24, 2.45) is 0 Å². The molecule has 2 heterocycles. The van der Waals surface area contributed by atoms with Gasteiger partial charge in [0, 0.05) is 25.3 Å². The molecular weight excluding hydrogens is 442 g/mol. The summed E-state index contributed by atoms with van der Waals surface area (Å²) in [6, 6.07) is 9.71. The van der Waals surface area contributed by atoms with Gasteiger partial charge < -0.3 is 24.3 Å². The largest absolute Gasteiger partial charge is 0.493 e. The zero-order chi connectivity index (χ0) is 24.2. The molecule has 1 amide bonds. The summed E-state index contributed by atoms with van der Waals surface area (Å²) in [5.41, 5.74) is -0.589. The molecule has 0 saturated carbocycles. The number of aromatic nitrogens is 2.